The molecule has 1 aromatic carbocycles. The summed E-state index contributed by atoms with van der Waals surface area (Å²) in [6, 6.07) is 9.62. The van der Waals surface area contributed by atoms with Gasteiger partial charge in [0.1, 0.15) is 0 Å². The van der Waals surface area contributed by atoms with Crippen molar-refractivity contribution in [3.63, 3.8) is 0 Å². The highest BCUT2D eigenvalue weighted by Gasteiger charge is 2.25. The molecule has 1 aromatic heterocycles. The number of aliphatic carboxylic acids is 1. The highest BCUT2D eigenvalue weighted by atomic mass is 16.4. The Morgan fingerprint density at radius 2 is 1.88 bits per heavy atom. The normalized spacial score (nSPS) is 17.3. The van der Waals surface area contributed by atoms with E-state index in [2.05, 4.69) is 9.97 Å². The molecule has 1 aliphatic heterocycles. The van der Waals surface area contributed by atoms with Crippen LogP contribution in [-0.2, 0) is 4.79 Å². The van der Waals surface area contributed by atoms with E-state index in [0.717, 1.165) is 18.4 Å². The van der Waals surface area contributed by atoms with Gasteiger partial charge in [-0.2, -0.15) is 0 Å². The zero-order valence-corrected chi connectivity index (χ0v) is 14.0. The van der Waals surface area contributed by atoms with Crippen LogP contribution in [-0.4, -0.2) is 44.9 Å². The second kappa shape index (κ2) is 7.88. The molecule has 0 spiro atoms. The third-order valence-corrected chi connectivity index (χ3v) is 4.50. The van der Waals surface area contributed by atoms with E-state index in [4.69, 9.17) is 5.11 Å². The Kier molecular flexibility index (Phi) is 5.38. The van der Waals surface area contributed by atoms with Crippen molar-refractivity contribution < 1.29 is 14.7 Å². The molecule has 0 bridgehead atoms. The molecular weight excluding hydrogens is 318 g/mol. The fourth-order valence-corrected chi connectivity index (χ4v) is 3.17. The van der Waals surface area contributed by atoms with Crippen molar-refractivity contribution in [1.82, 2.24) is 14.9 Å². The minimum Gasteiger partial charge on any atom is -0.481 e. The Morgan fingerprint density at radius 1 is 1.16 bits per heavy atom. The lowest BCUT2D eigenvalue weighted by molar-refractivity contribution is -0.137. The van der Waals surface area contributed by atoms with Gasteiger partial charge >= 0.3 is 5.97 Å². The minimum atomic E-state index is -0.784. The Bertz CT molecular complexity index is 731. The van der Waals surface area contributed by atoms with Crippen molar-refractivity contribution in [2.75, 3.05) is 13.1 Å². The van der Waals surface area contributed by atoms with E-state index in [1.54, 1.807) is 17.3 Å². The summed E-state index contributed by atoms with van der Waals surface area (Å²) in [5.41, 5.74) is 1.38. The zero-order chi connectivity index (χ0) is 17.6. The summed E-state index contributed by atoms with van der Waals surface area (Å²) >= 11 is 0. The molecule has 1 saturated heterocycles. The van der Waals surface area contributed by atoms with Crippen LogP contribution < -0.4 is 0 Å². The van der Waals surface area contributed by atoms with Crippen LogP contribution in [0.5, 0.6) is 0 Å². The Labute approximate surface area is 146 Å². The summed E-state index contributed by atoms with van der Waals surface area (Å²) in [4.78, 5) is 33.8. The van der Waals surface area contributed by atoms with Gasteiger partial charge in [0.05, 0.1) is 5.56 Å². The first-order chi connectivity index (χ1) is 12.1. The number of nitrogens with zero attached hydrogens (tertiary/aromatic N) is 3. The molecule has 1 amide bonds. The SMILES string of the molecule is O=C(O)CCC1CCCN(C(=O)c2cnc(-c3ccccc3)nc2)C1. The fraction of sp³-hybridized carbons (Fsp3) is 0.368. The monoisotopic (exact) mass is 339 g/mol. The Hall–Kier alpha value is -2.76. The van der Waals surface area contributed by atoms with Crippen molar-refractivity contribution >= 4 is 11.9 Å². The van der Waals surface area contributed by atoms with Gasteiger partial charge in [-0.25, -0.2) is 9.97 Å². The number of likely N-dealkylation sites (tertiary alicyclic amines) is 1. The number of benzene rings is 1. The number of carboxylic acid groups (broad SMARTS) is 1. The van der Waals surface area contributed by atoms with E-state index in [0.29, 0.717) is 30.9 Å². The molecule has 1 N–H and O–H groups in total. The van der Waals surface area contributed by atoms with Gasteiger partial charge < -0.3 is 10.0 Å². The third kappa shape index (κ3) is 4.41. The molecule has 0 radical (unpaired) electrons. The fourth-order valence-electron chi connectivity index (χ4n) is 3.17. The van der Waals surface area contributed by atoms with Crippen molar-refractivity contribution in [3.05, 3.63) is 48.3 Å². The first-order valence-electron chi connectivity index (χ1n) is 8.52. The van der Waals surface area contributed by atoms with Crippen LogP contribution >= 0.6 is 0 Å². The van der Waals surface area contributed by atoms with E-state index in [-0.39, 0.29) is 18.2 Å². The van der Waals surface area contributed by atoms with Gasteiger partial charge in [-0.15, -0.1) is 0 Å². The van der Waals surface area contributed by atoms with E-state index in [1.807, 2.05) is 30.3 Å². The van der Waals surface area contributed by atoms with E-state index in [1.165, 1.54) is 0 Å². The van der Waals surface area contributed by atoms with E-state index >= 15 is 0 Å². The predicted molar refractivity (Wildman–Crippen MR) is 93.0 cm³/mol. The average molecular weight is 339 g/mol. The van der Waals surface area contributed by atoms with Crippen molar-refractivity contribution in [2.24, 2.45) is 5.92 Å². The van der Waals surface area contributed by atoms with Crippen molar-refractivity contribution in [2.45, 2.75) is 25.7 Å². The molecule has 1 aliphatic rings. The average Bonchev–Trinajstić information content (AvgIpc) is 2.67. The molecule has 1 unspecified atom stereocenters. The van der Waals surface area contributed by atoms with Crippen molar-refractivity contribution in [3.8, 4) is 11.4 Å². The molecule has 3 rings (SSSR count). The number of carbonyl (C=O) groups is 2. The topological polar surface area (TPSA) is 83.4 Å². The summed E-state index contributed by atoms with van der Waals surface area (Å²) in [7, 11) is 0. The number of aromatic nitrogens is 2. The molecule has 2 aromatic rings. The molecule has 6 nitrogen and oxygen atoms in total. The molecule has 6 heteroatoms. The second-order valence-corrected chi connectivity index (χ2v) is 6.35. The number of carbonyl (C=O) groups excluding carboxylic acids is 1. The molecule has 0 aliphatic carbocycles. The van der Waals surface area contributed by atoms with Gasteiger partial charge in [-0.3, -0.25) is 9.59 Å². The van der Waals surface area contributed by atoms with Crippen molar-refractivity contribution in [1.29, 1.82) is 0 Å². The number of piperidine rings is 1. The number of rotatable bonds is 5. The number of carboxylic acids is 1. The van der Waals surface area contributed by atoms with Gasteiger partial charge in [0.2, 0.25) is 0 Å². The molecular formula is C19H21N3O3. The standard InChI is InChI=1S/C19H21N3O3/c23-17(24)9-8-14-5-4-10-22(13-14)19(25)16-11-20-18(21-12-16)15-6-2-1-3-7-15/h1-3,6-7,11-12,14H,4-5,8-10,13H2,(H,23,24). The lowest BCUT2D eigenvalue weighted by Gasteiger charge is -2.32. The zero-order valence-electron chi connectivity index (χ0n) is 14.0. The highest BCUT2D eigenvalue weighted by molar-refractivity contribution is 5.93. The third-order valence-electron chi connectivity index (χ3n) is 4.50. The summed E-state index contributed by atoms with van der Waals surface area (Å²) in [6.45, 7) is 1.30. The van der Waals surface area contributed by atoms with Crippen LogP contribution in [0, 0.1) is 5.92 Å². The molecule has 1 atom stereocenters. The van der Waals surface area contributed by atoms with Crippen LogP contribution in [0.1, 0.15) is 36.0 Å². The lowest BCUT2D eigenvalue weighted by Crippen LogP contribution is -2.40. The summed E-state index contributed by atoms with van der Waals surface area (Å²) in [6.07, 6.45) is 5.78. The molecule has 130 valence electrons. The Morgan fingerprint density at radius 3 is 2.56 bits per heavy atom. The van der Waals surface area contributed by atoms with Gasteiger partial charge in [0.15, 0.2) is 5.82 Å². The lowest BCUT2D eigenvalue weighted by atomic mass is 9.93. The van der Waals surface area contributed by atoms with Crippen LogP contribution in [0.2, 0.25) is 0 Å². The Balaban J connectivity index is 1.65. The summed E-state index contributed by atoms with van der Waals surface area (Å²) < 4.78 is 0. The maximum absolute atomic E-state index is 12.7. The van der Waals surface area contributed by atoms with Crippen LogP contribution in [0.15, 0.2) is 42.7 Å². The van der Waals surface area contributed by atoms with Gasteiger partial charge in [-0.1, -0.05) is 30.3 Å². The van der Waals surface area contributed by atoms with Crippen LogP contribution in [0.25, 0.3) is 11.4 Å². The van der Waals surface area contributed by atoms with E-state index in [9.17, 15) is 9.59 Å². The summed E-state index contributed by atoms with van der Waals surface area (Å²) in [5, 5.41) is 8.82. The number of amides is 1. The van der Waals surface area contributed by atoms with Gasteiger partial charge in [-0.05, 0) is 25.2 Å². The largest absolute Gasteiger partial charge is 0.481 e. The smallest absolute Gasteiger partial charge is 0.303 e. The minimum absolute atomic E-state index is 0.0837. The maximum atomic E-state index is 12.7. The molecule has 1 fully saturated rings. The first-order valence-corrected chi connectivity index (χ1v) is 8.52. The quantitative estimate of drug-likeness (QED) is 0.905. The molecule has 25 heavy (non-hydrogen) atoms. The highest BCUT2D eigenvalue weighted by Crippen LogP contribution is 2.22. The van der Waals surface area contributed by atoms with Gasteiger partial charge in [0.25, 0.3) is 5.91 Å². The van der Waals surface area contributed by atoms with Crippen LogP contribution in [0.3, 0.4) is 0 Å². The maximum Gasteiger partial charge on any atom is 0.303 e. The first kappa shape index (κ1) is 17.1. The molecule has 2 heterocycles. The number of hydrogen-bond acceptors (Lipinski definition) is 4. The second-order valence-electron chi connectivity index (χ2n) is 6.35. The van der Waals surface area contributed by atoms with E-state index < -0.39 is 5.97 Å². The van der Waals surface area contributed by atoms with Gasteiger partial charge in [0, 0.05) is 37.5 Å². The predicted octanol–water partition coefficient (Wildman–Crippen LogP) is 2.86. The van der Waals surface area contributed by atoms with Crippen LogP contribution in [0.4, 0.5) is 0 Å². The summed E-state index contributed by atoms with van der Waals surface area (Å²) in [5.74, 6) is -0.0265. The number of hydrogen-bond donors (Lipinski definition) is 1. The molecule has 0 saturated carbocycles.